The Hall–Kier alpha value is -3.58. The lowest BCUT2D eigenvalue weighted by molar-refractivity contribution is 1.29. The van der Waals surface area contributed by atoms with Crippen LogP contribution in [0.4, 0.5) is 17.1 Å². The highest BCUT2D eigenvalue weighted by Crippen LogP contribution is 2.41. The summed E-state index contributed by atoms with van der Waals surface area (Å²) in [4.78, 5) is 2.36. The van der Waals surface area contributed by atoms with Gasteiger partial charge in [-0.1, -0.05) is 84.4 Å². The quantitative estimate of drug-likeness (QED) is 0.297. The van der Waals surface area contributed by atoms with Crippen LogP contribution in [0.2, 0.25) is 0 Å². The van der Waals surface area contributed by atoms with E-state index in [1.807, 2.05) is 0 Å². The molecule has 0 radical (unpaired) electrons. The summed E-state index contributed by atoms with van der Waals surface area (Å²) < 4.78 is 0. The fraction of sp³-hybridized carbons (Fsp3) is 0.0370. The molecule has 0 amide bonds. The van der Waals surface area contributed by atoms with Crippen molar-refractivity contribution < 1.29 is 0 Å². The third-order valence-electron chi connectivity index (χ3n) is 5.29. The fourth-order valence-corrected chi connectivity index (χ4v) is 3.92. The first-order valence-corrected chi connectivity index (χ1v) is 9.63. The molecule has 28 heavy (non-hydrogen) atoms. The highest BCUT2D eigenvalue weighted by atomic mass is 15.1. The molecule has 0 N–H and O–H groups in total. The molecule has 0 aliphatic carbocycles. The van der Waals surface area contributed by atoms with E-state index in [4.69, 9.17) is 0 Å². The van der Waals surface area contributed by atoms with Gasteiger partial charge in [-0.15, -0.1) is 0 Å². The van der Waals surface area contributed by atoms with E-state index >= 15 is 0 Å². The lowest BCUT2D eigenvalue weighted by Gasteiger charge is -2.27. The number of anilines is 3. The van der Waals surface area contributed by atoms with Crippen molar-refractivity contribution in [1.29, 1.82) is 0 Å². The Morgan fingerprint density at radius 1 is 0.500 bits per heavy atom. The minimum atomic E-state index is 1.16. The van der Waals surface area contributed by atoms with Gasteiger partial charge in [-0.2, -0.15) is 0 Å². The van der Waals surface area contributed by atoms with Crippen molar-refractivity contribution in [1.82, 2.24) is 0 Å². The second-order valence-electron chi connectivity index (χ2n) is 7.17. The molecule has 134 valence electrons. The molecule has 0 heterocycles. The molecule has 0 fully saturated rings. The minimum absolute atomic E-state index is 1.16. The number of rotatable bonds is 3. The second kappa shape index (κ2) is 6.86. The third-order valence-corrected chi connectivity index (χ3v) is 5.29. The van der Waals surface area contributed by atoms with Crippen LogP contribution in [0.3, 0.4) is 0 Å². The van der Waals surface area contributed by atoms with Crippen molar-refractivity contribution in [3.63, 3.8) is 0 Å². The smallest absolute Gasteiger partial charge is 0.0546 e. The van der Waals surface area contributed by atoms with E-state index in [0.717, 1.165) is 11.4 Å². The van der Waals surface area contributed by atoms with Gasteiger partial charge >= 0.3 is 0 Å². The van der Waals surface area contributed by atoms with E-state index in [0.29, 0.717) is 0 Å². The zero-order valence-corrected chi connectivity index (χ0v) is 15.8. The summed E-state index contributed by atoms with van der Waals surface area (Å²) in [6.07, 6.45) is 0. The average molecular weight is 359 g/mol. The SMILES string of the molecule is Cc1ccc(N(c2ccccc2)c2cc3ccccc3c3ccccc23)cc1. The van der Waals surface area contributed by atoms with Gasteiger partial charge in [0.05, 0.1) is 5.69 Å². The van der Waals surface area contributed by atoms with Crippen LogP contribution < -0.4 is 4.90 Å². The van der Waals surface area contributed by atoms with E-state index in [1.54, 1.807) is 0 Å². The van der Waals surface area contributed by atoms with Crippen molar-refractivity contribution in [3.05, 3.63) is 115 Å². The number of hydrogen-bond donors (Lipinski definition) is 0. The maximum Gasteiger partial charge on any atom is 0.0546 e. The van der Waals surface area contributed by atoms with E-state index < -0.39 is 0 Å². The van der Waals surface area contributed by atoms with Gasteiger partial charge in [-0.25, -0.2) is 0 Å². The molecule has 1 heteroatoms. The number of benzene rings is 5. The summed E-state index contributed by atoms with van der Waals surface area (Å²) in [5.41, 5.74) is 4.79. The molecule has 0 aliphatic heterocycles. The first-order chi connectivity index (χ1) is 13.8. The molecular formula is C27H21N. The van der Waals surface area contributed by atoms with Gasteiger partial charge in [0.1, 0.15) is 0 Å². The van der Waals surface area contributed by atoms with Crippen molar-refractivity contribution in [2.75, 3.05) is 4.90 Å². The minimum Gasteiger partial charge on any atom is -0.310 e. The van der Waals surface area contributed by atoms with Crippen LogP contribution in [0.5, 0.6) is 0 Å². The van der Waals surface area contributed by atoms with Gasteiger partial charge in [-0.3, -0.25) is 0 Å². The van der Waals surface area contributed by atoms with Crippen LogP contribution in [0.15, 0.2) is 109 Å². The predicted molar refractivity (Wildman–Crippen MR) is 121 cm³/mol. The molecule has 0 unspecified atom stereocenters. The summed E-state index contributed by atoms with van der Waals surface area (Å²) in [6.45, 7) is 2.13. The Balaban J connectivity index is 1.86. The number of para-hydroxylation sites is 1. The van der Waals surface area contributed by atoms with Gasteiger partial charge in [0, 0.05) is 16.8 Å². The summed E-state index contributed by atoms with van der Waals surface area (Å²) in [6, 6.07) is 39.0. The van der Waals surface area contributed by atoms with Gasteiger partial charge in [0.15, 0.2) is 0 Å². The van der Waals surface area contributed by atoms with E-state index in [2.05, 4.69) is 121 Å². The van der Waals surface area contributed by atoms with Crippen LogP contribution in [0.1, 0.15) is 5.56 Å². The fourth-order valence-electron chi connectivity index (χ4n) is 3.92. The van der Waals surface area contributed by atoms with Gasteiger partial charge in [-0.05, 0) is 53.4 Å². The molecule has 0 spiro atoms. The third kappa shape index (κ3) is 2.82. The Labute approximate surface area is 165 Å². The van der Waals surface area contributed by atoms with Crippen LogP contribution in [0, 0.1) is 6.92 Å². The molecule has 0 saturated heterocycles. The molecular weight excluding hydrogens is 338 g/mol. The van der Waals surface area contributed by atoms with Crippen molar-refractivity contribution in [2.45, 2.75) is 6.92 Å². The zero-order valence-electron chi connectivity index (χ0n) is 15.8. The predicted octanol–water partition coefficient (Wildman–Crippen LogP) is 7.77. The Kier molecular flexibility index (Phi) is 4.06. The molecule has 1 nitrogen and oxygen atoms in total. The second-order valence-corrected chi connectivity index (χ2v) is 7.17. The molecule has 0 saturated carbocycles. The average Bonchev–Trinajstić information content (AvgIpc) is 2.76. The largest absolute Gasteiger partial charge is 0.310 e. The van der Waals surface area contributed by atoms with Crippen molar-refractivity contribution >= 4 is 38.6 Å². The molecule has 5 aromatic carbocycles. The van der Waals surface area contributed by atoms with Crippen molar-refractivity contribution in [2.24, 2.45) is 0 Å². The molecule has 5 rings (SSSR count). The van der Waals surface area contributed by atoms with Crippen LogP contribution in [0.25, 0.3) is 21.5 Å². The molecule has 0 aromatic heterocycles. The summed E-state index contributed by atoms with van der Waals surface area (Å²) in [5, 5.41) is 5.08. The number of hydrogen-bond acceptors (Lipinski definition) is 1. The zero-order chi connectivity index (χ0) is 18.9. The summed E-state index contributed by atoms with van der Waals surface area (Å²) in [7, 11) is 0. The van der Waals surface area contributed by atoms with Gasteiger partial charge < -0.3 is 4.90 Å². The molecule has 0 atom stereocenters. The normalized spacial score (nSPS) is 11.0. The topological polar surface area (TPSA) is 3.24 Å². The number of aryl methyl sites for hydroxylation is 1. The van der Waals surface area contributed by atoms with E-state index in [1.165, 1.54) is 32.8 Å². The van der Waals surface area contributed by atoms with Crippen LogP contribution in [-0.2, 0) is 0 Å². The highest BCUT2D eigenvalue weighted by molar-refractivity contribution is 6.14. The first-order valence-electron chi connectivity index (χ1n) is 9.63. The summed E-state index contributed by atoms with van der Waals surface area (Å²) >= 11 is 0. The molecule has 5 aromatic rings. The highest BCUT2D eigenvalue weighted by Gasteiger charge is 2.16. The molecule has 0 aliphatic rings. The van der Waals surface area contributed by atoms with Crippen LogP contribution in [-0.4, -0.2) is 0 Å². The Morgan fingerprint density at radius 2 is 1.07 bits per heavy atom. The number of fused-ring (bicyclic) bond motifs is 3. The Morgan fingerprint density at radius 3 is 1.82 bits per heavy atom. The van der Waals surface area contributed by atoms with Gasteiger partial charge in [0.25, 0.3) is 0 Å². The van der Waals surface area contributed by atoms with E-state index in [9.17, 15) is 0 Å². The maximum atomic E-state index is 2.36. The standard InChI is InChI=1S/C27H21N/c1-20-15-17-23(18-16-20)28(22-10-3-2-4-11-22)27-19-21-9-5-6-12-24(21)25-13-7-8-14-26(25)27/h2-19H,1H3. The number of nitrogens with zero attached hydrogens (tertiary/aromatic N) is 1. The van der Waals surface area contributed by atoms with Gasteiger partial charge in [0.2, 0.25) is 0 Å². The lowest BCUT2D eigenvalue weighted by atomic mass is 9.99. The van der Waals surface area contributed by atoms with Crippen LogP contribution >= 0.6 is 0 Å². The maximum absolute atomic E-state index is 2.36. The summed E-state index contributed by atoms with van der Waals surface area (Å²) in [5.74, 6) is 0. The first kappa shape index (κ1) is 16.6. The molecule has 0 bridgehead atoms. The lowest BCUT2D eigenvalue weighted by Crippen LogP contribution is -2.10. The monoisotopic (exact) mass is 359 g/mol. The Bertz CT molecular complexity index is 1250. The van der Waals surface area contributed by atoms with Crippen molar-refractivity contribution in [3.8, 4) is 0 Å². The van der Waals surface area contributed by atoms with E-state index in [-0.39, 0.29) is 0 Å².